The Balaban J connectivity index is 2.12. The Morgan fingerprint density at radius 3 is 2.90 bits per heavy atom. The highest BCUT2D eigenvalue weighted by Crippen LogP contribution is 2.32. The molecule has 0 spiro atoms. The smallest absolute Gasteiger partial charge is 0.358 e. The van der Waals surface area contributed by atoms with Crippen LogP contribution < -0.4 is 0 Å². The Morgan fingerprint density at radius 1 is 1.29 bits per heavy atom. The van der Waals surface area contributed by atoms with Crippen LogP contribution in [0.2, 0.25) is 0 Å². The monoisotopic (exact) mass is 298 g/mol. The average Bonchev–Trinajstić information content (AvgIpc) is 2.89. The normalized spacial score (nSPS) is 10.8. The van der Waals surface area contributed by atoms with Crippen LogP contribution in [0.3, 0.4) is 0 Å². The standard InChI is InChI=1S/C16H14N2O2S/c1-3-20-16(19)14-10(2)21-15(18-14)13-9-17-8-11-6-4-5-7-12(11)13/h4-9H,3H2,1-2H3. The van der Waals surface area contributed by atoms with Gasteiger partial charge in [-0.2, -0.15) is 0 Å². The molecule has 3 aromatic rings. The van der Waals surface area contributed by atoms with Gasteiger partial charge in [0.15, 0.2) is 5.69 Å². The Labute approximate surface area is 126 Å². The molecule has 0 aliphatic carbocycles. The summed E-state index contributed by atoms with van der Waals surface area (Å²) in [5.41, 5.74) is 1.33. The van der Waals surface area contributed by atoms with Gasteiger partial charge in [0.1, 0.15) is 5.01 Å². The fraction of sp³-hybridized carbons (Fsp3) is 0.188. The van der Waals surface area contributed by atoms with Crippen molar-refractivity contribution in [2.24, 2.45) is 0 Å². The summed E-state index contributed by atoms with van der Waals surface area (Å²) in [6.07, 6.45) is 3.61. The zero-order valence-electron chi connectivity index (χ0n) is 11.8. The third-order valence-electron chi connectivity index (χ3n) is 3.16. The molecule has 0 bridgehead atoms. The first kappa shape index (κ1) is 13.7. The van der Waals surface area contributed by atoms with E-state index in [9.17, 15) is 4.79 Å². The van der Waals surface area contributed by atoms with Crippen LogP contribution in [0, 0.1) is 6.92 Å². The van der Waals surface area contributed by atoms with Crippen molar-refractivity contribution in [1.29, 1.82) is 0 Å². The second-order valence-corrected chi connectivity index (χ2v) is 5.76. The summed E-state index contributed by atoms with van der Waals surface area (Å²) < 4.78 is 5.04. The Bertz CT molecular complexity index is 806. The van der Waals surface area contributed by atoms with Gasteiger partial charge in [-0.1, -0.05) is 24.3 Å². The van der Waals surface area contributed by atoms with Crippen molar-refractivity contribution in [2.75, 3.05) is 6.61 Å². The number of benzene rings is 1. The number of carbonyl (C=O) groups is 1. The third kappa shape index (κ3) is 2.52. The van der Waals surface area contributed by atoms with Crippen molar-refractivity contribution in [3.8, 4) is 10.6 Å². The Morgan fingerprint density at radius 2 is 2.10 bits per heavy atom. The number of ether oxygens (including phenoxy) is 1. The van der Waals surface area contributed by atoms with E-state index in [4.69, 9.17) is 4.74 Å². The lowest BCUT2D eigenvalue weighted by Crippen LogP contribution is -2.06. The van der Waals surface area contributed by atoms with Gasteiger partial charge in [-0.3, -0.25) is 4.98 Å². The van der Waals surface area contributed by atoms with Crippen LogP contribution >= 0.6 is 11.3 Å². The summed E-state index contributed by atoms with van der Waals surface area (Å²) in [6, 6.07) is 8.01. The highest BCUT2D eigenvalue weighted by molar-refractivity contribution is 7.15. The van der Waals surface area contributed by atoms with Gasteiger partial charge < -0.3 is 4.74 Å². The average molecular weight is 298 g/mol. The lowest BCUT2D eigenvalue weighted by atomic mass is 10.1. The molecule has 1 aromatic carbocycles. The van der Waals surface area contributed by atoms with Crippen molar-refractivity contribution < 1.29 is 9.53 Å². The molecular weight excluding hydrogens is 284 g/mol. The van der Waals surface area contributed by atoms with Crippen LogP contribution in [-0.2, 0) is 4.74 Å². The first-order valence-electron chi connectivity index (χ1n) is 6.68. The molecule has 4 nitrogen and oxygen atoms in total. The quantitative estimate of drug-likeness (QED) is 0.689. The molecule has 5 heteroatoms. The van der Waals surface area contributed by atoms with Gasteiger partial charge in [0.25, 0.3) is 0 Å². The van der Waals surface area contributed by atoms with Crippen LogP contribution in [0.5, 0.6) is 0 Å². The highest BCUT2D eigenvalue weighted by Gasteiger charge is 2.18. The van der Waals surface area contributed by atoms with E-state index in [-0.39, 0.29) is 5.97 Å². The molecule has 0 unspecified atom stereocenters. The molecule has 0 amide bonds. The van der Waals surface area contributed by atoms with E-state index in [0.717, 1.165) is 26.2 Å². The molecule has 2 heterocycles. The van der Waals surface area contributed by atoms with E-state index >= 15 is 0 Å². The van der Waals surface area contributed by atoms with Crippen molar-refractivity contribution in [3.63, 3.8) is 0 Å². The molecule has 21 heavy (non-hydrogen) atoms. The Kier molecular flexibility index (Phi) is 3.66. The number of pyridine rings is 1. The van der Waals surface area contributed by atoms with Gasteiger partial charge in [0.05, 0.1) is 6.61 Å². The maximum atomic E-state index is 11.9. The largest absolute Gasteiger partial charge is 0.461 e. The molecule has 0 aliphatic heterocycles. The number of esters is 1. The lowest BCUT2D eigenvalue weighted by molar-refractivity contribution is 0.0519. The maximum Gasteiger partial charge on any atom is 0.358 e. The Hall–Kier alpha value is -2.27. The van der Waals surface area contributed by atoms with E-state index < -0.39 is 0 Å². The first-order chi connectivity index (χ1) is 10.2. The first-order valence-corrected chi connectivity index (χ1v) is 7.50. The van der Waals surface area contributed by atoms with Gasteiger partial charge in [-0.15, -0.1) is 11.3 Å². The van der Waals surface area contributed by atoms with Crippen LogP contribution in [-0.4, -0.2) is 22.5 Å². The summed E-state index contributed by atoms with van der Waals surface area (Å²) >= 11 is 1.48. The van der Waals surface area contributed by atoms with Crippen LogP contribution in [0.15, 0.2) is 36.7 Å². The number of hydrogen-bond donors (Lipinski definition) is 0. The van der Waals surface area contributed by atoms with Crippen LogP contribution in [0.25, 0.3) is 21.3 Å². The van der Waals surface area contributed by atoms with E-state index in [0.29, 0.717) is 12.3 Å². The van der Waals surface area contributed by atoms with Crippen molar-refractivity contribution in [1.82, 2.24) is 9.97 Å². The number of rotatable bonds is 3. The van der Waals surface area contributed by atoms with Gasteiger partial charge in [-0.25, -0.2) is 9.78 Å². The number of nitrogens with zero attached hydrogens (tertiary/aromatic N) is 2. The molecule has 3 rings (SSSR count). The molecule has 0 saturated heterocycles. The maximum absolute atomic E-state index is 11.9. The summed E-state index contributed by atoms with van der Waals surface area (Å²) in [4.78, 5) is 21.5. The second kappa shape index (κ2) is 5.61. The van der Waals surface area contributed by atoms with Gasteiger partial charge in [0.2, 0.25) is 0 Å². The van der Waals surface area contributed by atoms with Gasteiger partial charge in [0, 0.05) is 28.2 Å². The predicted octanol–water partition coefficient (Wildman–Crippen LogP) is 3.84. The minimum Gasteiger partial charge on any atom is -0.461 e. The number of thiazole rings is 1. The molecule has 0 fully saturated rings. The minimum atomic E-state index is -0.370. The van der Waals surface area contributed by atoms with Crippen molar-refractivity contribution in [3.05, 3.63) is 47.2 Å². The molecule has 0 radical (unpaired) electrons. The zero-order valence-corrected chi connectivity index (χ0v) is 12.6. The van der Waals surface area contributed by atoms with E-state index in [1.54, 1.807) is 13.1 Å². The van der Waals surface area contributed by atoms with Crippen molar-refractivity contribution in [2.45, 2.75) is 13.8 Å². The molecule has 0 saturated carbocycles. The highest BCUT2D eigenvalue weighted by atomic mass is 32.1. The fourth-order valence-electron chi connectivity index (χ4n) is 2.19. The number of hydrogen-bond acceptors (Lipinski definition) is 5. The number of carbonyl (C=O) groups excluding carboxylic acids is 1. The minimum absolute atomic E-state index is 0.348. The molecule has 106 valence electrons. The SMILES string of the molecule is CCOC(=O)c1nc(-c2cncc3ccccc23)sc1C. The fourth-order valence-corrected chi connectivity index (χ4v) is 3.11. The van der Waals surface area contributed by atoms with E-state index in [1.165, 1.54) is 11.3 Å². The number of fused-ring (bicyclic) bond motifs is 1. The van der Waals surface area contributed by atoms with Crippen LogP contribution in [0.1, 0.15) is 22.3 Å². The van der Waals surface area contributed by atoms with E-state index in [1.807, 2.05) is 37.4 Å². The molecular formula is C16H14N2O2S. The second-order valence-electron chi connectivity index (χ2n) is 4.55. The topological polar surface area (TPSA) is 52.1 Å². The predicted molar refractivity (Wildman–Crippen MR) is 83.5 cm³/mol. The molecule has 2 aromatic heterocycles. The van der Waals surface area contributed by atoms with Crippen LogP contribution in [0.4, 0.5) is 0 Å². The van der Waals surface area contributed by atoms with Gasteiger partial charge >= 0.3 is 5.97 Å². The summed E-state index contributed by atoms with van der Waals surface area (Å²) in [7, 11) is 0. The molecule has 0 atom stereocenters. The summed E-state index contributed by atoms with van der Waals surface area (Å²) in [5, 5.41) is 2.93. The number of aryl methyl sites for hydroxylation is 1. The lowest BCUT2D eigenvalue weighted by Gasteiger charge is -2.02. The van der Waals surface area contributed by atoms with E-state index in [2.05, 4.69) is 9.97 Å². The van der Waals surface area contributed by atoms with Gasteiger partial charge in [-0.05, 0) is 19.2 Å². The van der Waals surface area contributed by atoms with Crippen molar-refractivity contribution >= 4 is 28.1 Å². The molecule has 0 N–H and O–H groups in total. The summed E-state index contributed by atoms with van der Waals surface area (Å²) in [5.74, 6) is -0.370. The number of aromatic nitrogens is 2. The summed E-state index contributed by atoms with van der Waals surface area (Å²) in [6.45, 7) is 4.02. The third-order valence-corrected chi connectivity index (χ3v) is 4.17. The molecule has 0 aliphatic rings. The zero-order chi connectivity index (χ0) is 14.8.